The van der Waals surface area contributed by atoms with Gasteiger partial charge in [0, 0.05) is 11.8 Å². The van der Waals surface area contributed by atoms with Gasteiger partial charge in [-0.1, -0.05) is 36.4 Å². The number of allylic oxidation sites excluding steroid dienone is 1. The fraction of sp³-hybridized carbons (Fsp3) is 0.429. The molecule has 2 aliphatic rings. The second kappa shape index (κ2) is 2.89. The summed E-state index contributed by atoms with van der Waals surface area (Å²) in [5, 5.41) is 0. The minimum absolute atomic E-state index is 0.191. The van der Waals surface area contributed by atoms with Crippen LogP contribution in [0.25, 0.3) is 0 Å². The van der Waals surface area contributed by atoms with Crippen LogP contribution < -0.4 is 0 Å². The van der Waals surface area contributed by atoms with Crippen LogP contribution in [0.5, 0.6) is 0 Å². The van der Waals surface area contributed by atoms with Crippen molar-refractivity contribution < 1.29 is 0 Å². The summed E-state index contributed by atoms with van der Waals surface area (Å²) < 4.78 is 0. The molecule has 0 spiro atoms. The molecule has 2 bridgehead atoms. The zero-order valence-corrected chi connectivity index (χ0v) is 9.72. The van der Waals surface area contributed by atoms with Crippen molar-refractivity contribution >= 4 is 11.6 Å². The normalized spacial score (nSPS) is 36.7. The molecule has 0 aromatic heterocycles. The Bertz CT molecular complexity index is 402. The molecule has 78 valence electrons. The summed E-state index contributed by atoms with van der Waals surface area (Å²) in [6, 6.07) is 8.71. The third-order valence-corrected chi connectivity index (χ3v) is 5.01. The molecule has 0 amide bonds. The van der Waals surface area contributed by atoms with Crippen LogP contribution in [0, 0.1) is 0 Å². The first-order chi connectivity index (χ1) is 7.15. The van der Waals surface area contributed by atoms with Crippen molar-refractivity contribution in [3.8, 4) is 0 Å². The van der Waals surface area contributed by atoms with E-state index in [1.807, 2.05) is 0 Å². The van der Waals surface area contributed by atoms with Crippen molar-refractivity contribution in [1.82, 2.24) is 0 Å². The lowest BCUT2D eigenvalue weighted by atomic mass is 9.88. The lowest BCUT2D eigenvalue weighted by Crippen LogP contribution is -2.25. The van der Waals surface area contributed by atoms with Gasteiger partial charge in [-0.15, -0.1) is 11.6 Å². The van der Waals surface area contributed by atoms with Crippen LogP contribution >= 0.6 is 11.6 Å². The van der Waals surface area contributed by atoms with Gasteiger partial charge in [0.05, 0.1) is 4.87 Å². The molecular weight excluding hydrogens is 204 g/mol. The van der Waals surface area contributed by atoms with Gasteiger partial charge in [0.1, 0.15) is 0 Å². The second-order valence-corrected chi connectivity index (χ2v) is 5.49. The van der Waals surface area contributed by atoms with Crippen molar-refractivity contribution in [2.45, 2.75) is 36.5 Å². The predicted molar refractivity (Wildman–Crippen MR) is 64.6 cm³/mol. The van der Waals surface area contributed by atoms with Crippen molar-refractivity contribution in [2.75, 3.05) is 0 Å². The van der Waals surface area contributed by atoms with Gasteiger partial charge in [-0.25, -0.2) is 0 Å². The topological polar surface area (TPSA) is 0 Å². The Labute approximate surface area is 96.0 Å². The van der Waals surface area contributed by atoms with Crippen LogP contribution in [-0.2, 0) is 0 Å². The van der Waals surface area contributed by atoms with Gasteiger partial charge in [-0.2, -0.15) is 0 Å². The molecule has 1 fully saturated rings. The fourth-order valence-electron chi connectivity index (χ4n) is 3.50. The molecule has 0 unspecified atom stereocenters. The van der Waals surface area contributed by atoms with E-state index in [0.717, 1.165) is 5.57 Å². The molecular formula is C14H15Cl. The van der Waals surface area contributed by atoms with Gasteiger partial charge in [0.15, 0.2) is 0 Å². The average molecular weight is 219 g/mol. The molecule has 1 aromatic carbocycles. The van der Waals surface area contributed by atoms with Gasteiger partial charge in [-0.05, 0) is 30.9 Å². The molecule has 15 heavy (non-hydrogen) atoms. The van der Waals surface area contributed by atoms with Gasteiger partial charge in [-0.3, -0.25) is 0 Å². The van der Waals surface area contributed by atoms with Crippen molar-refractivity contribution in [1.29, 1.82) is 0 Å². The standard InChI is InChI=1S/C14H15Cl/c1-9(2)14(15)12-7-8-13(14)11-6-4-3-5-10(11)12/h3-6,12-13H,1,7-8H2,2H3/t12-,13-/m0/s1. The maximum atomic E-state index is 6.83. The van der Waals surface area contributed by atoms with Crippen LogP contribution in [-0.4, -0.2) is 4.87 Å². The highest BCUT2D eigenvalue weighted by atomic mass is 35.5. The summed E-state index contributed by atoms with van der Waals surface area (Å²) >= 11 is 6.83. The number of rotatable bonds is 1. The number of hydrogen-bond acceptors (Lipinski definition) is 0. The van der Waals surface area contributed by atoms with E-state index in [1.54, 1.807) is 0 Å². The van der Waals surface area contributed by atoms with Crippen molar-refractivity contribution in [3.05, 3.63) is 47.5 Å². The Hall–Kier alpha value is -0.750. The van der Waals surface area contributed by atoms with E-state index in [4.69, 9.17) is 11.6 Å². The monoisotopic (exact) mass is 218 g/mol. The van der Waals surface area contributed by atoms with E-state index in [2.05, 4.69) is 37.8 Å². The third-order valence-electron chi connectivity index (χ3n) is 4.16. The van der Waals surface area contributed by atoms with Crippen LogP contribution in [0.4, 0.5) is 0 Å². The van der Waals surface area contributed by atoms with Crippen LogP contribution in [0.15, 0.2) is 36.4 Å². The molecule has 3 rings (SSSR count). The molecule has 1 saturated carbocycles. The molecule has 0 saturated heterocycles. The first-order valence-corrected chi connectivity index (χ1v) is 5.97. The summed E-state index contributed by atoms with van der Waals surface area (Å²) in [5.74, 6) is 0.996. The third kappa shape index (κ3) is 0.986. The Kier molecular flexibility index (Phi) is 1.82. The van der Waals surface area contributed by atoms with Gasteiger partial charge < -0.3 is 0 Å². The van der Waals surface area contributed by atoms with Crippen molar-refractivity contribution in [2.24, 2.45) is 0 Å². The number of halogens is 1. The highest BCUT2D eigenvalue weighted by Gasteiger charge is 2.56. The molecule has 0 heterocycles. The largest absolute Gasteiger partial charge is 0.113 e. The summed E-state index contributed by atoms with van der Waals surface area (Å²) in [4.78, 5) is -0.191. The van der Waals surface area contributed by atoms with E-state index in [1.165, 1.54) is 24.0 Å². The predicted octanol–water partition coefficient (Wildman–Crippen LogP) is 4.21. The Balaban J connectivity index is 2.20. The highest BCUT2D eigenvalue weighted by molar-refractivity contribution is 6.28. The SMILES string of the molecule is C=C(C)C1(Cl)[C@H]2CC[C@H]1c1ccccc12. The van der Waals surface area contributed by atoms with Crippen LogP contribution in [0.1, 0.15) is 42.7 Å². The fourth-order valence-corrected chi connectivity index (χ4v) is 3.95. The number of fused-ring (bicyclic) bond motifs is 5. The van der Waals surface area contributed by atoms with E-state index in [9.17, 15) is 0 Å². The van der Waals surface area contributed by atoms with Gasteiger partial charge in [0.2, 0.25) is 0 Å². The molecule has 0 aliphatic heterocycles. The first-order valence-electron chi connectivity index (χ1n) is 5.59. The molecule has 0 radical (unpaired) electrons. The zero-order chi connectivity index (χ0) is 10.6. The minimum Gasteiger partial charge on any atom is -0.113 e. The van der Waals surface area contributed by atoms with Gasteiger partial charge >= 0.3 is 0 Å². The van der Waals surface area contributed by atoms with Crippen LogP contribution in [0.3, 0.4) is 0 Å². The Morgan fingerprint density at radius 1 is 1.27 bits per heavy atom. The summed E-state index contributed by atoms with van der Waals surface area (Å²) in [6.07, 6.45) is 2.44. The van der Waals surface area contributed by atoms with E-state index < -0.39 is 0 Å². The molecule has 0 N–H and O–H groups in total. The second-order valence-electron chi connectivity index (χ2n) is 4.86. The highest BCUT2D eigenvalue weighted by Crippen LogP contribution is 2.64. The molecule has 1 aromatic rings. The maximum Gasteiger partial charge on any atom is 0.0786 e. The summed E-state index contributed by atoms with van der Waals surface area (Å²) in [5.41, 5.74) is 4.06. The number of benzene rings is 1. The van der Waals surface area contributed by atoms with E-state index in [-0.39, 0.29) is 4.87 Å². The molecule has 0 nitrogen and oxygen atoms in total. The molecule has 2 aliphatic carbocycles. The smallest absolute Gasteiger partial charge is 0.0786 e. The summed E-state index contributed by atoms with van der Waals surface area (Å²) in [7, 11) is 0. The van der Waals surface area contributed by atoms with Gasteiger partial charge in [0.25, 0.3) is 0 Å². The lowest BCUT2D eigenvalue weighted by molar-refractivity contribution is 0.604. The lowest BCUT2D eigenvalue weighted by Gasteiger charge is -2.28. The molecule has 2 atom stereocenters. The van der Waals surface area contributed by atoms with E-state index >= 15 is 0 Å². The Morgan fingerprint density at radius 3 is 2.13 bits per heavy atom. The minimum atomic E-state index is -0.191. The van der Waals surface area contributed by atoms with Crippen LogP contribution in [0.2, 0.25) is 0 Å². The maximum absolute atomic E-state index is 6.83. The average Bonchev–Trinajstić information content (AvgIpc) is 2.70. The number of hydrogen-bond donors (Lipinski definition) is 0. The zero-order valence-electron chi connectivity index (χ0n) is 8.96. The van der Waals surface area contributed by atoms with Crippen molar-refractivity contribution in [3.63, 3.8) is 0 Å². The first kappa shape index (κ1) is 9.47. The number of alkyl halides is 1. The quantitative estimate of drug-likeness (QED) is 0.489. The summed E-state index contributed by atoms with van der Waals surface area (Å²) in [6.45, 7) is 6.17. The van der Waals surface area contributed by atoms with E-state index in [0.29, 0.717) is 11.8 Å². The Morgan fingerprint density at radius 2 is 1.73 bits per heavy atom. The molecule has 1 heteroatoms.